The molecule has 0 fully saturated rings. The van der Waals surface area contributed by atoms with E-state index in [1.807, 2.05) is 50.2 Å². The topological polar surface area (TPSA) is 41.5 Å². The first-order chi connectivity index (χ1) is 10.6. The Balaban J connectivity index is 1.84. The average Bonchev–Trinajstić information content (AvgIpc) is 2.49. The van der Waals surface area contributed by atoms with Gasteiger partial charge in [0.2, 0.25) is 0 Å². The van der Waals surface area contributed by atoms with Crippen molar-refractivity contribution in [3.63, 3.8) is 0 Å². The molecule has 0 saturated heterocycles. The van der Waals surface area contributed by atoms with Crippen LogP contribution in [0.15, 0.2) is 48.5 Å². The molecule has 3 heteroatoms. The molecule has 2 aromatic rings. The van der Waals surface area contributed by atoms with Crippen LogP contribution in [0.25, 0.3) is 0 Å². The van der Waals surface area contributed by atoms with E-state index >= 15 is 0 Å². The Morgan fingerprint density at radius 2 is 1.73 bits per heavy atom. The van der Waals surface area contributed by atoms with E-state index in [1.165, 1.54) is 11.1 Å². The van der Waals surface area contributed by atoms with Gasteiger partial charge in [-0.15, -0.1) is 0 Å². The van der Waals surface area contributed by atoms with Crippen molar-refractivity contribution in [2.75, 3.05) is 6.54 Å². The van der Waals surface area contributed by atoms with Crippen LogP contribution in [0.1, 0.15) is 36.6 Å². The number of aryl methyl sites for hydroxylation is 1. The molecule has 0 amide bonds. The van der Waals surface area contributed by atoms with Gasteiger partial charge in [0.25, 0.3) is 0 Å². The number of aliphatic hydroxyl groups is 1. The van der Waals surface area contributed by atoms with Crippen LogP contribution >= 0.6 is 0 Å². The summed E-state index contributed by atoms with van der Waals surface area (Å²) in [4.78, 5) is 0. The molecule has 2 aromatic carbocycles. The molecular formula is C19H25NO2. The summed E-state index contributed by atoms with van der Waals surface area (Å²) < 4.78 is 5.60. The van der Waals surface area contributed by atoms with E-state index in [4.69, 9.17) is 4.74 Å². The van der Waals surface area contributed by atoms with Gasteiger partial charge in [-0.05, 0) is 49.6 Å². The van der Waals surface area contributed by atoms with Gasteiger partial charge in [0, 0.05) is 13.1 Å². The van der Waals surface area contributed by atoms with Crippen LogP contribution < -0.4 is 10.1 Å². The highest BCUT2D eigenvalue weighted by molar-refractivity contribution is 5.29. The predicted molar refractivity (Wildman–Crippen MR) is 90.1 cm³/mol. The third kappa shape index (κ3) is 4.86. The smallest absolute Gasteiger partial charge is 0.119 e. The summed E-state index contributed by atoms with van der Waals surface area (Å²) in [6, 6.07) is 15.9. The molecule has 0 aliphatic heterocycles. The lowest BCUT2D eigenvalue weighted by atomic mass is 10.1. The maximum Gasteiger partial charge on any atom is 0.119 e. The highest BCUT2D eigenvalue weighted by Gasteiger charge is 2.08. The lowest BCUT2D eigenvalue weighted by Crippen LogP contribution is -2.21. The monoisotopic (exact) mass is 299 g/mol. The van der Waals surface area contributed by atoms with Crippen LogP contribution in [0.3, 0.4) is 0 Å². The first kappa shape index (κ1) is 16.5. The van der Waals surface area contributed by atoms with Crippen LogP contribution in [-0.4, -0.2) is 17.8 Å². The number of hydrogen-bond acceptors (Lipinski definition) is 3. The molecule has 3 nitrogen and oxygen atoms in total. The Labute approximate surface area is 133 Å². The summed E-state index contributed by atoms with van der Waals surface area (Å²) in [6.45, 7) is 7.38. The summed E-state index contributed by atoms with van der Waals surface area (Å²) in [7, 11) is 0. The summed E-state index contributed by atoms with van der Waals surface area (Å²) in [5, 5.41) is 13.5. The summed E-state index contributed by atoms with van der Waals surface area (Å²) >= 11 is 0. The molecule has 118 valence electrons. The summed E-state index contributed by atoms with van der Waals surface area (Å²) in [5.74, 6) is 0.832. The van der Waals surface area contributed by atoms with E-state index in [0.717, 1.165) is 17.9 Å². The Morgan fingerprint density at radius 3 is 2.36 bits per heavy atom. The second-order valence-electron chi connectivity index (χ2n) is 5.81. The number of ether oxygens (including phenoxy) is 1. The van der Waals surface area contributed by atoms with E-state index in [1.54, 1.807) is 0 Å². The zero-order chi connectivity index (χ0) is 15.9. The molecule has 0 aliphatic carbocycles. The number of benzene rings is 2. The Kier molecular flexibility index (Phi) is 5.99. The highest BCUT2D eigenvalue weighted by atomic mass is 16.5. The van der Waals surface area contributed by atoms with Crippen molar-refractivity contribution in [1.82, 2.24) is 5.32 Å². The summed E-state index contributed by atoms with van der Waals surface area (Å²) in [5.41, 5.74) is 3.42. The molecule has 2 rings (SSSR count). The van der Waals surface area contributed by atoms with E-state index < -0.39 is 6.10 Å². The third-order valence-corrected chi connectivity index (χ3v) is 3.55. The average molecular weight is 299 g/mol. The van der Waals surface area contributed by atoms with Crippen molar-refractivity contribution in [3.05, 3.63) is 65.2 Å². The van der Waals surface area contributed by atoms with Gasteiger partial charge in [-0.1, -0.05) is 36.4 Å². The van der Waals surface area contributed by atoms with E-state index in [-0.39, 0.29) is 6.10 Å². The fourth-order valence-electron chi connectivity index (χ4n) is 2.31. The molecule has 0 heterocycles. The Bertz CT molecular complexity index is 578. The molecular weight excluding hydrogens is 274 g/mol. The molecule has 0 bridgehead atoms. The van der Waals surface area contributed by atoms with Gasteiger partial charge in [-0.25, -0.2) is 0 Å². The summed E-state index contributed by atoms with van der Waals surface area (Å²) in [6.07, 6.45) is -0.358. The van der Waals surface area contributed by atoms with E-state index in [2.05, 4.69) is 24.4 Å². The fourth-order valence-corrected chi connectivity index (χ4v) is 2.31. The standard InChI is InChI=1S/C19H25NO2/c1-14(2)22-18-10-8-16(9-11-18)19(21)13-20-12-17-7-5-4-6-15(17)3/h4-11,14,19-21H,12-13H2,1-3H3/t19-/m1/s1. The molecule has 0 aliphatic rings. The molecule has 0 radical (unpaired) electrons. The molecule has 0 unspecified atom stereocenters. The molecule has 1 atom stereocenters. The molecule has 0 saturated carbocycles. The number of rotatable bonds is 7. The van der Waals surface area contributed by atoms with Crippen molar-refractivity contribution < 1.29 is 9.84 Å². The predicted octanol–water partition coefficient (Wildman–Crippen LogP) is 3.61. The fraction of sp³-hybridized carbons (Fsp3) is 0.368. The van der Waals surface area contributed by atoms with Gasteiger partial charge in [0.05, 0.1) is 12.2 Å². The minimum Gasteiger partial charge on any atom is -0.491 e. The minimum atomic E-state index is -0.517. The lowest BCUT2D eigenvalue weighted by Gasteiger charge is -2.14. The van der Waals surface area contributed by atoms with Crippen LogP contribution in [0, 0.1) is 6.92 Å². The SMILES string of the molecule is Cc1ccccc1CNC[C@@H](O)c1ccc(OC(C)C)cc1. The van der Waals surface area contributed by atoms with E-state index in [9.17, 15) is 5.11 Å². The third-order valence-electron chi connectivity index (χ3n) is 3.55. The van der Waals surface area contributed by atoms with Gasteiger partial charge in [-0.2, -0.15) is 0 Å². The van der Waals surface area contributed by atoms with Gasteiger partial charge in [0.1, 0.15) is 5.75 Å². The molecule has 22 heavy (non-hydrogen) atoms. The minimum absolute atomic E-state index is 0.159. The van der Waals surface area contributed by atoms with Crippen LogP contribution in [0.5, 0.6) is 5.75 Å². The zero-order valence-corrected chi connectivity index (χ0v) is 13.5. The maximum absolute atomic E-state index is 10.2. The zero-order valence-electron chi connectivity index (χ0n) is 13.5. The lowest BCUT2D eigenvalue weighted by molar-refractivity contribution is 0.174. The quantitative estimate of drug-likeness (QED) is 0.820. The largest absolute Gasteiger partial charge is 0.491 e. The number of hydrogen-bond donors (Lipinski definition) is 2. The Morgan fingerprint density at radius 1 is 1.05 bits per heavy atom. The van der Waals surface area contributed by atoms with Crippen molar-refractivity contribution in [2.24, 2.45) is 0 Å². The Hall–Kier alpha value is -1.84. The van der Waals surface area contributed by atoms with Crippen LogP contribution in [-0.2, 0) is 6.54 Å². The van der Waals surface area contributed by atoms with Crippen molar-refractivity contribution in [2.45, 2.75) is 39.5 Å². The van der Waals surface area contributed by atoms with Crippen LogP contribution in [0.2, 0.25) is 0 Å². The first-order valence-corrected chi connectivity index (χ1v) is 7.76. The van der Waals surface area contributed by atoms with Crippen molar-refractivity contribution in [3.8, 4) is 5.75 Å². The van der Waals surface area contributed by atoms with E-state index in [0.29, 0.717) is 6.54 Å². The molecule has 0 spiro atoms. The maximum atomic E-state index is 10.2. The van der Waals surface area contributed by atoms with Crippen molar-refractivity contribution >= 4 is 0 Å². The number of nitrogens with one attached hydrogen (secondary N) is 1. The van der Waals surface area contributed by atoms with Gasteiger partial charge >= 0.3 is 0 Å². The second-order valence-corrected chi connectivity index (χ2v) is 5.81. The second kappa shape index (κ2) is 7.97. The first-order valence-electron chi connectivity index (χ1n) is 7.76. The van der Waals surface area contributed by atoms with Gasteiger partial charge in [0.15, 0.2) is 0 Å². The van der Waals surface area contributed by atoms with Gasteiger partial charge < -0.3 is 15.2 Å². The van der Waals surface area contributed by atoms with Crippen molar-refractivity contribution in [1.29, 1.82) is 0 Å². The molecule has 2 N–H and O–H groups in total. The molecule has 0 aromatic heterocycles. The highest BCUT2D eigenvalue weighted by Crippen LogP contribution is 2.18. The number of aliphatic hydroxyl groups excluding tert-OH is 1. The normalized spacial score (nSPS) is 12.4. The van der Waals surface area contributed by atoms with Crippen LogP contribution in [0.4, 0.5) is 0 Å². The van der Waals surface area contributed by atoms with Gasteiger partial charge in [-0.3, -0.25) is 0 Å².